The molecular weight excluding hydrogens is 272 g/mol. The van der Waals surface area contributed by atoms with Crippen molar-refractivity contribution in [1.82, 2.24) is 0 Å². The predicted octanol–water partition coefficient (Wildman–Crippen LogP) is 2.27. The number of anilines is 1. The van der Waals surface area contributed by atoms with Gasteiger partial charge in [-0.3, -0.25) is 4.79 Å². The van der Waals surface area contributed by atoms with Crippen molar-refractivity contribution in [3.63, 3.8) is 0 Å². The van der Waals surface area contributed by atoms with Gasteiger partial charge in [-0.2, -0.15) is 0 Å². The number of benzene rings is 2. The Morgan fingerprint density at radius 3 is 2.45 bits per heavy atom. The quantitative estimate of drug-likeness (QED) is 0.872. The van der Waals surface area contributed by atoms with Crippen molar-refractivity contribution < 1.29 is 9.69 Å². The molecule has 0 aromatic heterocycles. The molecule has 0 spiro atoms. The smallest absolute Gasteiger partial charge is 0.279 e. The molecule has 116 valence electrons. The molecule has 2 aromatic rings. The van der Waals surface area contributed by atoms with Gasteiger partial charge >= 0.3 is 0 Å². The predicted molar refractivity (Wildman–Crippen MR) is 91.2 cm³/mol. The molecule has 0 aliphatic rings. The second-order valence-electron chi connectivity index (χ2n) is 6.10. The Morgan fingerprint density at radius 2 is 1.77 bits per heavy atom. The minimum Gasteiger partial charge on any atom is -0.326 e. The molecule has 3 nitrogen and oxygen atoms in total. The molecule has 0 fully saturated rings. The average Bonchev–Trinajstić information content (AvgIpc) is 2.44. The SMILES string of the molecule is Cc1ccc(C[NH+](C)CC(=O)Nc2ccccc2C)c(C)c1. The Morgan fingerprint density at radius 1 is 1.05 bits per heavy atom. The summed E-state index contributed by atoms with van der Waals surface area (Å²) in [4.78, 5) is 13.4. The van der Waals surface area contributed by atoms with Crippen LogP contribution in [-0.2, 0) is 11.3 Å². The summed E-state index contributed by atoms with van der Waals surface area (Å²) in [6.45, 7) is 7.54. The van der Waals surface area contributed by atoms with Crippen LogP contribution in [-0.4, -0.2) is 19.5 Å². The fourth-order valence-corrected chi connectivity index (χ4v) is 2.61. The van der Waals surface area contributed by atoms with E-state index in [1.807, 2.05) is 31.2 Å². The highest BCUT2D eigenvalue weighted by molar-refractivity contribution is 5.92. The normalized spacial score (nSPS) is 12.0. The van der Waals surface area contributed by atoms with Gasteiger partial charge in [0, 0.05) is 11.3 Å². The van der Waals surface area contributed by atoms with E-state index in [9.17, 15) is 4.79 Å². The van der Waals surface area contributed by atoms with Gasteiger partial charge in [-0.25, -0.2) is 0 Å². The Balaban J connectivity index is 1.92. The molecule has 0 radical (unpaired) electrons. The number of carbonyl (C=O) groups is 1. The van der Waals surface area contributed by atoms with Gasteiger partial charge in [0.05, 0.1) is 7.05 Å². The third kappa shape index (κ3) is 4.43. The van der Waals surface area contributed by atoms with Crippen molar-refractivity contribution in [1.29, 1.82) is 0 Å². The van der Waals surface area contributed by atoms with Crippen molar-refractivity contribution >= 4 is 11.6 Å². The summed E-state index contributed by atoms with van der Waals surface area (Å²) in [5.74, 6) is 0.0524. The van der Waals surface area contributed by atoms with Crippen LogP contribution < -0.4 is 10.2 Å². The summed E-state index contributed by atoms with van der Waals surface area (Å²) in [6.07, 6.45) is 0. The Bertz CT molecular complexity index is 664. The van der Waals surface area contributed by atoms with Crippen LogP contribution in [0.4, 0.5) is 5.69 Å². The number of likely N-dealkylation sites (N-methyl/N-ethyl adjacent to an activating group) is 1. The molecule has 1 unspecified atom stereocenters. The molecule has 0 bridgehead atoms. The van der Waals surface area contributed by atoms with E-state index >= 15 is 0 Å². The van der Waals surface area contributed by atoms with Crippen LogP contribution in [0.3, 0.4) is 0 Å². The minimum absolute atomic E-state index is 0.0524. The van der Waals surface area contributed by atoms with E-state index in [0.29, 0.717) is 6.54 Å². The lowest BCUT2D eigenvalue weighted by Gasteiger charge is -2.16. The van der Waals surface area contributed by atoms with Crippen LogP contribution in [0.2, 0.25) is 0 Å². The number of aryl methyl sites for hydroxylation is 3. The first kappa shape index (κ1) is 16.2. The fraction of sp³-hybridized carbons (Fsp3) is 0.316. The fourth-order valence-electron chi connectivity index (χ4n) is 2.61. The number of rotatable bonds is 5. The van der Waals surface area contributed by atoms with Gasteiger partial charge in [-0.1, -0.05) is 42.0 Å². The highest BCUT2D eigenvalue weighted by Crippen LogP contribution is 2.12. The number of quaternary nitrogens is 1. The zero-order valence-corrected chi connectivity index (χ0v) is 13.9. The number of para-hydroxylation sites is 1. The van der Waals surface area contributed by atoms with Crippen molar-refractivity contribution in [3.8, 4) is 0 Å². The van der Waals surface area contributed by atoms with Crippen molar-refractivity contribution in [2.45, 2.75) is 27.3 Å². The largest absolute Gasteiger partial charge is 0.326 e. The maximum absolute atomic E-state index is 12.2. The topological polar surface area (TPSA) is 33.5 Å². The van der Waals surface area contributed by atoms with E-state index in [1.54, 1.807) is 0 Å². The van der Waals surface area contributed by atoms with Gasteiger partial charge in [0.25, 0.3) is 5.91 Å². The molecular formula is C19H25N2O+. The van der Waals surface area contributed by atoms with E-state index in [4.69, 9.17) is 0 Å². The number of carbonyl (C=O) groups excluding carboxylic acids is 1. The number of amides is 1. The van der Waals surface area contributed by atoms with Crippen LogP contribution in [0.1, 0.15) is 22.3 Å². The summed E-state index contributed by atoms with van der Waals surface area (Å²) >= 11 is 0. The van der Waals surface area contributed by atoms with Gasteiger partial charge in [-0.05, 0) is 38.0 Å². The second-order valence-corrected chi connectivity index (χ2v) is 6.10. The second kappa shape index (κ2) is 7.23. The Kier molecular flexibility index (Phi) is 5.34. The molecule has 0 aliphatic heterocycles. The molecule has 0 aliphatic carbocycles. The maximum atomic E-state index is 12.2. The summed E-state index contributed by atoms with van der Waals surface area (Å²) < 4.78 is 0. The lowest BCUT2D eigenvalue weighted by atomic mass is 10.1. The third-order valence-corrected chi connectivity index (χ3v) is 3.87. The summed E-state index contributed by atoms with van der Waals surface area (Å²) in [6, 6.07) is 14.3. The zero-order valence-electron chi connectivity index (χ0n) is 13.9. The molecule has 2 N–H and O–H groups in total. The molecule has 0 saturated heterocycles. The number of hydrogen-bond donors (Lipinski definition) is 2. The van der Waals surface area contributed by atoms with Gasteiger partial charge in [0.2, 0.25) is 0 Å². The van der Waals surface area contributed by atoms with Gasteiger partial charge in [0.1, 0.15) is 6.54 Å². The average molecular weight is 297 g/mol. The maximum Gasteiger partial charge on any atom is 0.279 e. The lowest BCUT2D eigenvalue weighted by molar-refractivity contribution is -0.885. The van der Waals surface area contributed by atoms with E-state index in [0.717, 1.165) is 17.8 Å². The molecule has 3 heteroatoms. The van der Waals surface area contributed by atoms with Crippen LogP contribution in [0.15, 0.2) is 42.5 Å². The van der Waals surface area contributed by atoms with E-state index in [-0.39, 0.29) is 5.91 Å². The van der Waals surface area contributed by atoms with E-state index in [1.165, 1.54) is 21.6 Å². The Labute approximate surface area is 133 Å². The third-order valence-electron chi connectivity index (χ3n) is 3.87. The first-order valence-corrected chi connectivity index (χ1v) is 7.68. The molecule has 2 rings (SSSR count). The first-order chi connectivity index (χ1) is 10.5. The van der Waals surface area contributed by atoms with Crippen molar-refractivity contribution in [2.24, 2.45) is 0 Å². The standard InChI is InChI=1S/C19H24N2O/c1-14-9-10-17(16(3)11-14)12-21(4)13-19(22)20-18-8-6-5-7-15(18)2/h5-11H,12-13H2,1-4H3,(H,20,22)/p+1. The van der Waals surface area contributed by atoms with Gasteiger partial charge in [0.15, 0.2) is 6.54 Å². The highest BCUT2D eigenvalue weighted by atomic mass is 16.2. The van der Waals surface area contributed by atoms with Crippen molar-refractivity contribution in [3.05, 3.63) is 64.7 Å². The summed E-state index contributed by atoms with van der Waals surface area (Å²) in [5, 5.41) is 2.99. The van der Waals surface area contributed by atoms with Crippen molar-refractivity contribution in [2.75, 3.05) is 18.9 Å². The molecule has 22 heavy (non-hydrogen) atoms. The minimum atomic E-state index is 0.0524. The molecule has 0 heterocycles. The van der Waals surface area contributed by atoms with Crippen LogP contribution in [0, 0.1) is 20.8 Å². The van der Waals surface area contributed by atoms with Crippen LogP contribution in [0.5, 0.6) is 0 Å². The Hall–Kier alpha value is -2.13. The highest BCUT2D eigenvalue weighted by Gasteiger charge is 2.12. The summed E-state index contributed by atoms with van der Waals surface area (Å²) in [5.41, 5.74) is 5.84. The summed E-state index contributed by atoms with van der Waals surface area (Å²) in [7, 11) is 2.05. The molecule has 1 atom stereocenters. The van der Waals surface area contributed by atoms with Gasteiger partial charge < -0.3 is 10.2 Å². The van der Waals surface area contributed by atoms with Gasteiger partial charge in [-0.15, -0.1) is 0 Å². The lowest BCUT2D eigenvalue weighted by Crippen LogP contribution is -3.08. The monoisotopic (exact) mass is 297 g/mol. The zero-order chi connectivity index (χ0) is 16.1. The van der Waals surface area contributed by atoms with E-state index < -0.39 is 0 Å². The number of nitrogens with one attached hydrogen (secondary N) is 2. The van der Waals surface area contributed by atoms with Crippen LogP contribution in [0.25, 0.3) is 0 Å². The number of hydrogen-bond acceptors (Lipinski definition) is 1. The van der Waals surface area contributed by atoms with Crippen LogP contribution >= 0.6 is 0 Å². The van der Waals surface area contributed by atoms with E-state index in [2.05, 4.69) is 44.4 Å². The molecule has 1 amide bonds. The first-order valence-electron chi connectivity index (χ1n) is 7.68. The molecule has 2 aromatic carbocycles. The molecule has 0 saturated carbocycles.